The van der Waals surface area contributed by atoms with Crippen molar-refractivity contribution in [3.63, 3.8) is 0 Å². The molecule has 0 aliphatic heterocycles. The van der Waals surface area contributed by atoms with Crippen LogP contribution in [0.4, 0.5) is 14.5 Å². The molecule has 4 aromatic rings. The molecule has 154 valence electrons. The summed E-state index contributed by atoms with van der Waals surface area (Å²) in [5.41, 5.74) is 0.780. The van der Waals surface area contributed by atoms with Crippen LogP contribution < -0.4 is 10.9 Å². The summed E-state index contributed by atoms with van der Waals surface area (Å²) in [6.45, 7) is 0. The summed E-state index contributed by atoms with van der Waals surface area (Å²) in [6, 6.07) is 13.5. The predicted octanol–water partition coefficient (Wildman–Crippen LogP) is 3.63. The van der Waals surface area contributed by atoms with Gasteiger partial charge in [0.2, 0.25) is 11.7 Å². The molecular weight excluding hydrogens is 432 g/mol. The maximum Gasteiger partial charge on any atom is 0.288 e. The molecule has 0 saturated carbocycles. The molecule has 0 aliphatic carbocycles. The first-order chi connectivity index (χ1) is 14.5. The molecule has 1 amide bonds. The van der Waals surface area contributed by atoms with E-state index in [4.69, 9.17) is 0 Å². The molecule has 2 aromatic heterocycles. The van der Waals surface area contributed by atoms with E-state index in [9.17, 15) is 18.4 Å². The van der Waals surface area contributed by atoms with E-state index >= 15 is 0 Å². The first-order valence-corrected chi connectivity index (χ1v) is 10.6. The molecule has 0 spiro atoms. The second-order valence-electron chi connectivity index (χ2n) is 6.21. The number of benzene rings is 2. The van der Waals surface area contributed by atoms with Gasteiger partial charge in [0.15, 0.2) is 5.16 Å². The van der Waals surface area contributed by atoms with Gasteiger partial charge in [0.25, 0.3) is 11.3 Å². The lowest BCUT2D eigenvalue weighted by molar-refractivity contribution is -0.113. The van der Waals surface area contributed by atoms with E-state index in [2.05, 4.69) is 15.5 Å². The molecule has 2 heterocycles. The number of halogens is 2. The quantitative estimate of drug-likeness (QED) is 0.455. The van der Waals surface area contributed by atoms with Crippen molar-refractivity contribution in [1.82, 2.24) is 19.2 Å². The van der Waals surface area contributed by atoms with Crippen LogP contribution in [0.3, 0.4) is 0 Å². The zero-order chi connectivity index (χ0) is 21.3. The van der Waals surface area contributed by atoms with E-state index in [-0.39, 0.29) is 17.2 Å². The number of hydrogen-bond donors (Lipinski definition) is 1. The zero-order valence-corrected chi connectivity index (χ0v) is 17.2. The molecule has 1 N–H and O–H groups in total. The first-order valence-electron chi connectivity index (χ1n) is 8.75. The first kappa shape index (κ1) is 20.4. The Labute approximate surface area is 177 Å². The summed E-state index contributed by atoms with van der Waals surface area (Å²) in [6.07, 6.45) is 0. The molecule has 0 radical (unpaired) electrons. The van der Waals surface area contributed by atoms with Crippen molar-refractivity contribution in [3.8, 4) is 0 Å². The minimum Gasteiger partial charge on any atom is -0.324 e. The van der Waals surface area contributed by atoms with Gasteiger partial charge in [-0.25, -0.2) is 0 Å². The summed E-state index contributed by atoms with van der Waals surface area (Å²) in [5.74, 6) is -2.60. The van der Waals surface area contributed by atoms with Crippen LogP contribution in [0.15, 0.2) is 63.4 Å². The van der Waals surface area contributed by atoms with Crippen molar-refractivity contribution in [2.45, 2.75) is 15.8 Å². The fourth-order valence-corrected chi connectivity index (χ4v) is 4.32. The number of fused-ring (bicyclic) bond motifs is 3. The molecule has 0 unspecified atom stereocenters. The molecule has 0 saturated heterocycles. The van der Waals surface area contributed by atoms with Crippen LogP contribution >= 0.6 is 23.5 Å². The van der Waals surface area contributed by atoms with Gasteiger partial charge in [-0.15, -0.1) is 10.2 Å². The molecule has 0 fully saturated rings. The Hall–Kier alpha value is -2.92. The van der Waals surface area contributed by atoms with E-state index in [1.54, 1.807) is 53.9 Å². The Bertz CT molecular complexity index is 1310. The monoisotopic (exact) mass is 447 g/mol. The van der Waals surface area contributed by atoms with Crippen LogP contribution in [0.5, 0.6) is 0 Å². The number of aryl methyl sites for hydroxylation is 1. The van der Waals surface area contributed by atoms with Gasteiger partial charge in [-0.1, -0.05) is 47.8 Å². The zero-order valence-electron chi connectivity index (χ0n) is 15.6. The molecule has 4 rings (SSSR count). The molecule has 7 nitrogen and oxygen atoms in total. The number of nitrogens with one attached hydrogen (secondary N) is 1. The Morgan fingerprint density at radius 2 is 1.87 bits per heavy atom. The van der Waals surface area contributed by atoms with Crippen molar-refractivity contribution < 1.29 is 13.6 Å². The lowest BCUT2D eigenvalue weighted by atomic mass is 10.2. The molecule has 0 bridgehead atoms. The maximum atomic E-state index is 12.7. The Kier molecular flexibility index (Phi) is 5.73. The van der Waals surface area contributed by atoms with Gasteiger partial charge in [-0.05, 0) is 24.3 Å². The highest BCUT2D eigenvalue weighted by Crippen LogP contribution is 2.31. The number of thioether (sulfide) groups is 2. The number of aromatic nitrogens is 4. The third kappa shape index (κ3) is 3.90. The van der Waals surface area contributed by atoms with Crippen LogP contribution in [-0.4, -0.2) is 36.6 Å². The number of amides is 1. The summed E-state index contributed by atoms with van der Waals surface area (Å²) in [4.78, 5) is 25.2. The summed E-state index contributed by atoms with van der Waals surface area (Å²) in [7, 11) is 1.61. The summed E-state index contributed by atoms with van der Waals surface area (Å²) in [5, 5.41) is 11.8. The van der Waals surface area contributed by atoms with Gasteiger partial charge in [0.05, 0.1) is 22.3 Å². The van der Waals surface area contributed by atoms with E-state index in [1.165, 1.54) is 10.6 Å². The van der Waals surface area contributed by atoms with Crippen LogP contribution in [0, 0.1) is 0 Å². The Morgan fingerprint density at radius 1 is 1.13 bits per heavy atom. The van der Waals surface area contributed by atoms with Gasteiger partial charge >= 0.3 is 0 Å². The SMILES string of the molecule is Cn1c(=O)c2ccccc2n2c(SCC(=O)Nc3ccccc3SC(F)F)nnc12. The standard InChI is InChI=1S/C19H15F2N5O2S2/c1-25-16(28)11-6-2-4-8-13(11)26-18(25)23-24-19(26)29-10-15(27)22-12-7-3-5-9-14(12)30-17(20)21/h2-9,17H,10H2,1H3,(H,22,27). The van der Waals surface area contributed by atoms with E-state index in [0.717, 1.165) is 11.8 Å². The number of anilines is 1. The third-order valence-corrected chi connectivity index (χ3v) is 6.02. The minimum absolute atomic E-state index is 0.00829. The molecule has 0 aliphatic rings. The smallest absolute Gasteiger partial charge is 0.288 e. The van der Waals surface area contributed by atoms with Gasteiger partial charge in [0, 0.05) is 11.9 Å². The Morgan fingerprint density at radius 3 is 2.67 bits per heavy atom. The van der Waals surface area contributed by atoms with Crippen LogP contribution in [0.25, 0.3) is 16.7 Å². The average Bonchev–Trinajstić information content (AvgIpc) is 3.16. The van der Waals surface area contributed by atoms with E-state index in [0.29, 0.717) is 44.2 Å². The second-order valence-corrected chi connectivity index (χ2v) is 8.19. The fourth-order valence-electron chi connectivity index (χ4n) is 2.99. The van der Waals surface area contributed by atoms with Crippen molar-refractivity contribution in [2.75, 3.05) is 11.1 Å². The van der Waals surface area contributed by atoms with Gasteiger partial charge in [-0.2, -0.15) is 8.78 Å². The second kappa shape index (κ2) is 8.44. The molecule has 30 heavy (non-hydrogen) atoms. The molecular formula is C19H15F2N5O2S2. The highest BCUT2D eigenvalue weighted by atomic mass is 32.2. The number of carbonyl (C=O) groups excluding carboxylic acids is 1. The third-order valence-electron chi connectivity index (χ3n) is 4.31. The minimum atomic E-state index is -2.58. The number of hydrogen-bond acceptors (Lipinski definition) is 6. The van der Waals surface area contributed by atoms with Crippen molar-refractivity contribution in [1.29, 1.82) is 0 Å². The average molecular weight is 447 g/mol. The lowest BCUT2D eigenvalue weighted by Crippen LogP contribution is -2.20. The van der Waals surface area contributed by atoms with E-state index in [1.807, 2.05) is 0 Å². The van der Waals surface area contributed by atoms with Crippen molar-refractivity contribution in [3.05, 3.63) is 58.9 Å². The van der Waals surface area contributed by atoms with Crippen LogP contribution in [-0.2, 0) is 11.8 Å². The van der Waals surface area contributed by atoms with Gasteiger partial charge in [0.1, 0.15) is 0 Å². The van der Waals surface area contributed by atoms with Gasteiger partial charge in [-0.3, -0.25) is 18.6 Å². The van der Waals surface area contributed by atoms with E-state index < -0.39 is 5.76 Å². The molecule has 2 aromatic carbocycles. The van der Waals surface area contributed by atoms with Crippen LogP contribution in [0.1, 0.15) is 0 Å². The highest BCUT2D eigenvalue weighted by molar-refractivity contribution is 8.00. The van der Waals surface area contributed by atoms with Crippen molar-refractivity contribution >= 4 is 51.8 Å². The van der Waals surface area contributed by atoms with Gasteiger partial charge < -0.3 is 5.32 Å². The number of para-hydroxylation sites is 2. The summed E-state index contributed by atoms with van der Waals surface area (Å²) >= 11 is 1.52. The lowest BCUT2D eigenvalue weighted by Gasteiger charge is -2.10. The largest absolute Gasteiger partial charge is 0.324 e. The predicted molar refractivity (Wildman–Crippen MR) is 113 cm³/mol. The number of alkyl halides is 2. The molecule has 11 heteroatoms. The van der Waals surface area contributed by atoms with Crippen LogP contribution in [0.2, 0.25) is 0 Å². The topological polar surface area (TPSA) is 81.3 Å². The highest BCUT2D eigenvalue weighted by Gasteiger charge is 2.17. The fraction of sp³-hybridized carbons (Fsp3) is 0.158. The number of rotatable bonds is 6. The number of carbonyl (C=O) groups is 1. The Balaban J connectivity index is 1.58. The molecule has 0 atom stereocenters. The maximum absolute atomic E-state index is 12.7. The number of nitrogens with zero attached hydrogens (tertiary/aromatic N) is 4. The normalized spacial score (nSPS) is 11.5. The summed E-state index contributed by atoms with van der Waals surface area (Å²) < 4.78 is 28.5. The van der Waals surface area contributed by atoms with Crippen molar-refractivity contribution in [2.24, 2.45) is 7.05 Å².